The minimum Gasteiger partial charge on any atom is -0.341 e. The van der Waals surface area contributed by atoms with Crippen LogP contribution in [0.2, 0.25) is 0 Å². The van der Waals surface area contributed by atoms with Crippen LogP contribution in [0.1, 0.15) is 25.3 Å². The number of thiophene rings is 1. The van der Waals surface area contributed by atoms with Crippen LogP contribution in [0, 0.1) is 12.8 Å². The predicted octanol–water partition coefficient (Wildman–Crippen LogP) is 3.69. The molecule has 1 fully saturated rings. The second kappa shape index (κ2) is 7.27. The summed E-state index contributed by atoms with van der Waals surface area (Å²) in [5.74, 6) is 0.662. The maximum atomic E-state index is 13.1. The van der Waals surface area contributed by atoms with Crippen LogP contribution in [0.25, 0.3) is 21.3 Å². The number of amides is 1. The van der Waals surface area contributed by atoms with Gasteiger partial charge in [-0.25, -0.2) is 4.98 Å². The Labute approximate surface area is 162 Å². The molecule has 0 N–H and O–H groups in total. The molecule has 0 aliphatic carbocycles. The molecule has 1 aliphatic rings. The Kier molecular flexibility index (Phi) is 4.83. The van der Waals surface area contributed by atoms with Crippen molar-refractivity contribution in [2.24, 2.45) is 5.92 Å². The molecule has 5 nitrogen and oxygen atoms in total. The fourth-order valence-corrected chi connectivity index (χ4v) is 4.44. The van der Waals surface area contributed by atoms with Crippen LogP contribution in [-0.2, 0) is 11.3 Å². The number of rotatable bonds is 3. The van der Waals surface area contributed by atoms with Crippen LogP contribution in [0.3, 0.4) is 0 Å². The van der Waals surface area contributed by atoms with Crippen LogP contribution in [0.15, 0.2) is 40.8 Å². The lowest BCUT2D eigenvalue weighted by molar-refractivity contribution is -0.133. The summed E-state index contributed by atoms with van der Waals surface area (Å²) >= 11 is 1.46. The Morgan fingerprint density at radius 3 is 2.63 bits per heavy atom. The molecular weight excluding hydrogens is 358 g/mol. The van der Waals surface area contributed by atoms with E-state index in [4.69, 9.17) is 0 Å². The standard InChI is InChI=1S/C21H23N3O2S/c1-14-3-5-16(6-4-14)17-12-27-20-19(17)21(26)24(13-22-20)11-18(25)23-9-7-15(2)8-10-23/h3-6,12-13,15H,7-11H2,1-2H3. The summed E-state index contributed by atoms with van der Waals surface area (Å²) in [6.45, 7) is 5.86. The van der Waals surface area contributed by atoms with Gasteiger partial charge >= 0.3 is 0 Å². The molecule has 0 spiro atoms. The van der Waals surface area contributed by atoms with E-state index in [9.17, 15) is 9.59 Å². The van der Waals surface area contributed by atoms with Gasteiger partial charge in [-0.05, 0) is 31.2 Å². The number of benzene rings is 1. The van der Waals surface area contributed by atoms with Crippen molar-refractivity contribution in [1.29, 1.82) is 0 Å². The van der Waals surface area contributed by atoms with E-state index in [0.717, 1.165) is 37.1 Å². The number of carbonyl (C=O) groups is 1. The highest BCUT2D eigenvalue weighted by atomic mass is 32.1. The zero-order valence-electron chi connectivity index (χ0n) is 15.6. The first-order chi connectivity index (χ1) is 13.0. The highest BCUT2D eigenvalue weighted by Gasteiger charge is 2.21. The van der Waals surface area contributed by atoms with Gasteiger partial charge in [0.1, 0.15) is 11.4 Å². The molecule has 140 valence electrons. The Bertz CT molecular complexity index is 1030. The van der Waals surface area contributed by atoms with Gasteiger partial charge in [-0.3, -0.25) is 14.2 Å². The van der Waals surface area contributed by atoms with Crippen molar-refractivity contribution < 1.29 is 4.79 Å². The Hall–Kier alpha value is -2.47. The van der Waals surface area contributed by atoms with Crippen molar-refractivity contribution in [3.63, 3.8) is 0 Å². The largest absolute Gasteiger partial charge is 0.341 e. The van der Waals surface area contributed by atoms with Crippen molar-refractivity contribution in [2.75, 3.05) is 13.1 Å². The number of aromatic nitrogens is 2. The summed E-state index contributed by atoms with van der Waals surface area (Å²) in [7, 11) is 0. The molecule has 1 aromatic carbocycles. The van der Waals surface area contributed by atoms with Crippen molar-refractivity contribution in [2.45, 2.75) is 33.2 Å². The van der Waals surface area contributed by atoms with Gasteiger partial charge in [0, 0.05) is 24.0 Å². The van der Waals surface area contributed by atoms with Crippen molar-refractivity contribution in [1.82, 2.24) is 14.5 Å². The minimum absolute atomic E-state index is 0.00253. The lowest BCUT2D eigenvalue weighted by atomic mass is 9.99. The van der Waals surface area contributed by atoms with E-state index in [0.29, 0.717) is 16.1 Å². The molecule has 3 aromatic rings. The summed E-state index contributed by atoms with van der Waals surface area (Å²) in [5, 5.41) is 2.58. The molecule has 0 atom stereocenters. The maximum absolute atomic E-state index is 13.1. The van der Waals surface area contributed by atoms with Gasteiger partial charge in [0.05, 0.1) is 11.7 Å². The molecule has 1 aliphatic heterocycles. The quantitative estimate of drug-likeness (QED) is 0.695. The number of likely N-dealkylation sites (tertiary alicyclic amines) is 1. The Balaban J connectivity index is 1.65. The van der Waals surface area contributed by atoms with E-state index in [1.165, 1.54) is 27.8 Å². The van der Waals surface area contributed by atoms with Gasteiger partial charge in [-0.2, -0.15) is 0 Å². The van der Waals surface area contributed by atoms with Gasteiger partial charge in [0.15, 0.2) is 0 Å². The zero-order valence-corrected chi connectivity index (χ0v) is 16.5. The number of hydrogen-bond donors (Lipinski definition) is 0. The SMILES string of the molecule is Cc1ccc(-c2csc3ncn(CC(=O)N4CCC(C)CC4)c(=O)c23)cc1. The van der Waals surface area contributed by atoms with E-state index in [1.54, 1.807) is 0 Å². The average molecular weight is 382 g/mol. The lowest BCUT2D eigenvalue weighted by Crippen LogP contribution is -2.41. The number of carbonyl (C=O) groups excluding carboxylic acids is 1. The Morgan fingerprint density at radius 1 is 1.22 bits per heavy atom. The molecule has 0 unspecified atom stereocenters. The molecule has 4 rings (SSSR count). The van der Waals surface area contributed by atoms with Gasteiger partial charge < -0.3 is 4.90 Å². The maximum Gasteiger partial charge on any atom is 0.263 e. The highest BCUT2D eigenvalue weighted by Crippen LogP contribution is 2.30. The van der Waals surface area contributed by atoms with Crippen LogP contribution in [-0.4, -0.2) is 33.4 Å². The van der Waals surface area contributed by atoms with E-state index in [2.05, 4.69) is 11.9 Å². The van der Waals surface area contributed by atoms with Gasteiger partial charge in [-0.1, -0.05) is 36.8 Å². The molecule has 3 heterocycles. The summed E-state index contributed by atoms with van der Waals surface area (Å²) < 4.78 is 1.45. The monoisotopic (exact) mass is 381 g/mol. The van der Waals surface area contributed by atoms with Crippen molar-refractivity contribution in [3.8, 4) is 11.1 Å². The molecule has 0 saturated carbocycles. The third-order valence-electron chi connectivity index (χ3n) is 5.37. The normalized spacial score (nSPS) is 15.4. The van der Waals surface area contributed by atoms with Crippen molar-refractivity contribution in [3.05, 3.63) is 51.9 Å². The molecule has 1 saturated heterocycles. The average Bonchev–Trinajstić information content (AvgIpc) is 3.10. The summed E-state index contributed by atoms with van der Waals surface area (Å²) in [6.07, 6.45) is 3.56. The fourth-order valence-electron chi connectivity index (χ4n) is 3.53. The molecule has 2 aromatic heterocycles. The van der Waals surface area contributed by atoms with Crippen molar-refractivity contribution >= 4 is 27.5 Å². The summed E-state index contributed by atoms with van der Waals surface area (Å²) in [6, 6.07) is 8.12. The number of hydrogen-bond acceptors (Lipinski definition) is 4. The Morgan fingerprint density at radius 2 is 1.93 bits per heavy atom. The van der Waals surface area contributed by atoms with E-state index >= 15 is 0 Å². The van der Waals surface area contributed by atoms with E-state index in [1.807, 2.05) is 41.5 Å². The second-order valence-corrected chi connectivity index (χ2v) is 8.29. The minimum atomic E-state index is -0.143. The molecule has 6 heteroatoms. The zero-order chi connectivity index (χ0) is 19.0. The molecule has 1 amide bonds. The molecule has 27 heavy (non-hydrogen) atoms. The fraction of sp³-hybridized carbons (Fsp3) is 0.381. The van der Waals surface area contributed by atoms with Crippen LogP contribution < -0.4 is 5.56 Å². The van der Waals surface area contributed by atoms with E-state index < -0.39 is 0 Å². The first-order valence-electron chi connectivity index (χ1n) is 9.34. The molecule has 0 bridgehead atoms. The first kappa shape index (κ1) is 17.9. The van der Waals surface area contributed by atoms with Crippen LogP contribution >= 0.6 is 11.3 Å². The van der Waals surface area contributed by atoms with Gasteiger partial charge in [0.25, 0.3) is 5.56 Å². The first-order valence-corrected chi connectivity index (χ1v) is 10.2. The van der Waals surface area contributed by atoms with Gasteiger partial charge in [0.2, 0.25) is 5.91 Å². The third kappa shape index (κ3) is 3.54. The van der Waals surface area contributed by atoms with E-state index in [-0.39, 0.29) is 18.0 Å². The third-order valence-corrected chi connectivity index (χ3v) is 6.25. The number of piperidine rings is 1. The summed E-state index contributed by atoms with van der Waals surface area (Å²) in [5.41, 5.74) is 2.92. The van der Waals surface area contributed by atoms with Crippen LogP contribution in [0.5, 0.6) is 0 Å². The number of fused-ring (bicyclic) bond motifs is 1. The highest BCUT2D eigenvalue weighted by molar-refractivity contribution is 7.17. The second-order valence-electron chi connectivity index (χ2n) is 7.44. The number of aryl methyl sites for hydroxylation is 1. The van der Waals surface area contributed by atoms with Gasteiger partial charge in [-0.15, -0.1) is 11.3 Å². The molecular formula is C21H23N3O2S. The summed E-state index contributed by atoms with van der Waals surface area (Å²) in [4.78, 5) is 32.7. The van der Waals surface area contributed by atoms with Crippen LogP contribution in [0.4, 0.5) is 0 Å². The molecule has 0 radical (unpaired) electrons. The number of nitrogens with zero attached hydrogens (tertiary/aromatic N) is 3. The topological polar surface area (TPSA) is 55.2 Å². The lowest BCUT2D eigenvalue weighted by Gasteiger charge is -2.30. The smallest absolute Gasteiger partial charge is 0.263 e. The predicted molar refractivity (Wildman–Crippen MR) is 109 cm³/mol.